The largest absolute Gasteiger partial charge is 0.458 e. The molecule has 1 aromatic carbocycles. The highest BCUT2D eigenvalue weighted by Crippen LogP contribution is 2.49. The second kappa shape index (κ2) is 5.86. The first kappa shape index (κ1) is 19.6. The zero-order valence-electron chi connectivity index (χ0n) is 11.3. The Morgan fingerprint density at radius 1 is 0.783 bits per heavy atom. The number of alkyl halides is 10. The quantitative estimate of drug-likeness (QED) is 0.585. The summed E-state index contributed by atoms with van der Waals surface area (Å²) >= 11 is 0. The highest BCUT2D eigenvalue weighted by Gasteiger charge is 2.62. The van der Waals surface area contributed by atoms with E-state index in [0.29, 0.717) is 6.07 Å². The summed E-state index contributed by atoms with van der Waals surface area (Å²) in [6, 6.07) is 0.0981. The van der Waals surface area contributed by atoms with Crippen molar-refractivity contribution in [3.8, 4) is 0 Å². The predicted octanol–water partition coefficient (Wildman–Crippen LogP) is 5.96. The molecule has 0 saturated heterocycles. The summed E-state index contributed by atoms with van der Waals surface area (Å²) in [5, 5.41) is 0. The molecule has 0 bridgehead atoms. The Balaban J connectivity index is 3.58. The van der Waals surface area contributed by atoms with Crippen molar-refractivity contribution >= 4 is 0 Å². The van der Waals surface area contributed by atoms with Gasteiger partial charge in [0.25, 0.3) is 0 Å². The minimum Gasteiger partial charge on any atom is -0.191 e. The molecule has 0 heterocycles. The van der Waals surface area contributed by atoms with Gasteiger partial charge in [-0.05, 0) is 24.5 Å². The molecule has 0 aromatic heterocycles. The highest BCUT2D eigenvalue weighted by molar-refractivity contribution is 5.42. The van der Waals surface area contributed by atoms with E-state index in [1.54, 1.807) is 0 Å². The molecule has 1 aromatic rings. The normalized spacial score (nSPS) is 14.2. The summed E-state index contributed by atoms with van der Waals surface area (Å²) < 4.78 is 127. The van der Waals surface area contributed by atoms with E-state index in [0.717, 1.165) is 6.42 Å². The maximum atomic E-state index is 13.4. The predicted molar refractivity (Wildman–Crippen MR) is 60.0 cm³/mol. The van der Waals surface area contributed by atoms with Crippen molar-refractivity contribution in [1.29, 1.82) is 0 Å². The van der Waals surface area contributed by atoms with Gasteiger partial charge < -0.3 is 0 Å². The Bertz CT molecular complexity index is 553. The van der Waals surface area contributed by atoms with E-state index in [-0.39, 0.29) is 12.5 Å². The fourth-order valence-electron chi connectivity index (χ4n) is 1.74. The van der Waals surface area contributed by atoms with Gasteiger partial charge in [0.2, 0.25) is 0 Å². The van der Waals surface area contributed by atoms with Crippen LogP contribution in [0, 0.1) is 6.42 Å². The smallest absolute Gasteiger partial charge is 0.191 e. The molecule has 0 spiro atoms. The number of hydrogen-bond acceptors (Lipinski definition) is 0. The number of hydrogen-bond donors (Lipinski definition) is 0. The average molecular weight is 355 g/mol. The molecule has 1 radical (unpaired) electrons. The van der Waals surface area contributed by atoms with Gasteiger partial charge in [0.15, 0.2) is 0 Å². The molecule has 0 aliphatic rings. The second-order valence-electron chi connectivity index (χ2n) is 4.56. The number of halogens is 10. The summed E-state index contributed by atoms with van der Waals surface area (Å²) in [6.07, 6.45) is -11.4. The molecule has 0 aliphatic heterocycles. The van der Waals surface area contributed by atoms with E-state index in [4.69, 9.17) is 0 Å². The number of benzene rings is 1. The van der Waals surface area contributed by atoms with E-state index < -0.39 is 47.0 Å². The van der Waals surface area contributed by atoms with Gasteiger partial charge in [0.05, 0.1) is 0 Å². The summed E-state index contributed by atoms with van der Waals surface area (Å²) in [6.45, 7) is 1.37. The molecule has 0 N–H and O–H groups in total. The molecule has 0 nitrogen and oxygen atoms in total. The van der Waals surface area contributed by atoms with Gasteiger partial charge in [0, 0.05) is 11.1 Å². The first-order valence-corrected chi connectivity index (χ1v) is 6.03. The third kappa shape index (κ3) is 3.55. The molecular formula is C13H9F10. The van der Waals surface area contributed by atoms with Crippen molar-refractivity contribution in [2.24, 2.45) is 0 Å². The van der Waals surface area contributed by atoms with Crippen molar-refractivity contribution in [1.82, 2.24) is 0 Å². The van der Waals surface area contributed by atoms with Crippen LogP contribution in [0.2, 0.25) is 0 Å². The molecule has 0 aliphatic carbocycles. The third-order valence-corrected chi connectivity index (χ3v) is 2.89. The van der Waals surface area contributed by atoms with E-state index in [1.807, 2.05) is 0 Å². The first-order valence-electron chi connectivity index (χ1n) is 6.03. The van der Waals surface area contributed by atoms with Crippen molar-refractivity contribution < 1.29 is 43.9 Å². The zero-order chi connectivity index (χ0) is 18.3. The Labute approximate surface area is 124 Å². The van der Waals surface area contributed by atoms with Gasteiger partial charge in [-0.2, -0.15) is 43.9 Å². The van der Waals surface area contributed by atoms with Gasteiger partial charge in [-0.25, -0.2) is 0 Å². The van der Waals surface area contributed by atoms with Gasteiger partial charge >= 0.3 is 24.2 Å². The fraction of sp³-hybridized carbons (Fsp3) is 0.462. The third-order valence-electron chi connectivity index (χ3n) is 2.89. The van der Waals surface area contributed by atoms with E-state index in [9.17, 15) is 43.9 Å². The first-order chi connectivity index (χ1) is 10.2. The topological polar surface area (TPSA) is 0 Å². The van der Waals surface area contributed by atoms with Crippen LogP contribution >= 0.6 is 0 Å². The van der Waals surface area contributed by atoms with Crippen LogP contribution in [0.15, 0.2) is 18.2 Å². The lowest BCUT2D eigenvalue weighted by molar-refractivity contribution is -0.292. The Morgan fingerprint density at radius 3 is 1.65 bits per heavy atom. The molecule has 0 saturated carbocycles. The van der Waals surface area contributed by atoms with Crippen molar-refractivity contribution in [3.05, 3.63) is 41.3 Å². The Hall–Kier alpha value is -1.48. The lowest BCUT2D eigenvalue weighted by atomic mass is 9.93. The molecule has 0 unspecified atom stereocenters. The zero-order valence-corrected chi connectivity index (χ0v) is 11.3. The van der Waals surface area contributed by atoms with Gasteiger partial charge in [0.1, 0.15) is 0 Å². The van der Waals surface area contributed by atoms with E-state index >= 15 is 0 Å². The molecule has 0 fully saturated rings. The lowest BCUT2D eigenvalue weighted by Crippen LogP contribution is -2.37. The summed E-state index contributed by atoms with van der Waals surface area (Å²) in [5.74, 6) is -11.1. The van der Waals surface area contributed by atoms with Crippen molar-refractivity contribution in [2.75, 3.05) is 0 Å². The van der Waals surface area contributed by atoms with Crippen LogP contribution in [0.5, 0.6) is 0 Å². The Morgan fingerprint density at radius 2 is 1.26 bits per heavy atom. The maximum absolute atomic E-state index is 13.4. The average Bonchev–Trinajstić information content (AvgIpc) is 2.36. The van der Waals surface area contributed by atoms with E-state index in [2.05, 4.69) is 0 Å². The van der Waals surface area contributed by atoms with Crippen LogP contribution < -0.4 is 0 Å². The molecule has 23 heavy (non-hydrogen) atoms. The van der Waals surface area contributed by atoms with Crippen LogP contribution in [0.25, 0.3) is 0 Å². The molecule has 10 heteroatoms. The minimum absolute atomic E-state index is 0.0318. The summed E-state index contributed by atoms with van der Waals surface area (Å²) in [5.41, 5.74) is -4.71. The SMILES string of the molecule is CC[CH]c1ccc(C(F)(F)C(F)(F)F)cc1C(F)(F)C(F)(F)F. The monoisotopic (exact) mass is 355 g/mol. The standard InChI is InChI=1S/C13H9F10/c1-2-3-7-4-5-8(10(14,15)12(18,19)20)6-9(7)11(16,17)13(21,22)23/h3-6H,2H2,1H3. The Kier molecular flexibility index (Phi) is 4.99. The minimum atomic E-state index is -6.14. The molecule has 1 rings (SSSR count). The van der Waals surface area contributed by atoms with Gasteiger partial charge in [-0.15, -0.1) is 0 Å². The number of rotatable bonds is 4. The second-order valence-corrected chi connectivity index (χ2v) is 4.56. The lowest BCUT2D eigenvalue weighted by Gasteiger charge is -2.25. The molecule has 131 valence electrons. The summed E-state index contributed by atoms with van der Waals surface area (Å²) in [4.78, 5) is 0. The van der Waals surface area contributed by atoms with Crippen LogP contribution in [-0.4, -0.2) is 12.4 Å². The van der Waals surface area contributed by atoms with Crippen LogP contribution in [0.3, 0.4) is 0 Å². The maximum Gasteiger partial charge on any atom is 0.458 e. The molecular weight excluding hydrogens is 346 g/mol. The van der Waals surface area contributed by atoms with Crippen LogP contribution in [0.1, 0.15) is 30.0 Å². The fourth-order valence-corrected chi connectivity index (χ4v) is 1.74. The van der Waals surface area contributed by atoms with Crippen molar-refractivity contribution in [2.45, 2.75) is 37.5 Å². The van der Waals surface area contributed by atoms with Crippen LogP contribution in [0.4, 0.5) is 43.9 Å². The summed E-state index contributed by atoms with van der Waals surface area (Å²) in [7, 11) is 0. The molecule has 0 amide bonds. The van der Waals surface area contributed by atoms with Gasteiger partial charge in [-0.3, -0.25) is 0 Å². The molecule has 0 atom stereocenters. The van der Waals surface area contributed by atoms with Gasteiger partial charge in [-0.1, -0.05) is 19.1 Å². The van der Waals surface area contributed by atoms with Crippen LogP contribution in [-0.2, 0) is 11.8 Å². The highest BCUT2D eigenvalue weighted by atomic mass is 19.4. The van der Waals surface area contributed by atoms with Crippen molar-refractivity contribution in [3.63, 3.8) is 0 Å². The van der Waals surface area contributed by atoms with E-state index in [1.165, 1.54) is 6.92 Å².